The lowest BCUT2D eigenvalue weighted by Crippen LogP contribution is -2.01. The van der Waals surface area contributed by atoms with E-state index in [1.165, 1.54) is 10.9 Å². The van der Waals surface area contributed by atoms with Crippen LogP contribution in [0.3, 0.4) is 0 Å². The van der Waals surface area contributed by atoms with Gasteiger partial charge in [0.25, 0.3) is 0 Å². The fourth-order valence-corrected chi connectivity index (χ4v) is 1.98. The van der Waals surface area contributed by atoms with Gasteiger partial charge in [0.1, 0.15) is 5.82 Å². The SMILES string of the molecule is CCCNc1ccc2ccc(Br)c(C)c2n1. The monoisotopic (exact) mass is 278 g/mol. The molecule has 3 heteroatoms. The van der Waals surface area contributed by atoms with Gasteiger partial charge in [0, 0.05) is 16.4 Å². The summed E-state index contributed by atoms with van der Waals surface area (Å²) in [7, 11) is 0. The second kappa shape index (κ2) is 4.83. The highest BCUT2D eigenvalue weighted by Gasteiger charge is 2.03. The van der Waals surface area contributed by atoms with E-state index < -0.39 is 0 Å². The molecule has 0 aliphatic carbocycles. The predicted molar refractivity (Wildman–Crippen MR) is 73.0 cm³/mol. The Morgan fingerprint density at radius 2 is 2.00 bits per heavy atom. The van der Waals surface area contributed by atoms with Crippen LogP contribution >= 0.6 is 15.9 Å². The highest BCUT2D eigenvalue weighted by atomic mass is 79.9. The molecule has 2 aromatic rings. The van der Waals surface area contributed by atoms with Crippen LogP contribution in [-0.4, -0.2) is 11.5 Å². The Hall–Kier alpha value is -1.09. The number of nitrogens with one attached hydrogen (secondary N) is 1. The number of hydrogen-bond donors (Lipinski definition) is 1. The molecule has 0 saturated heterocycles. The molecule has 1 aromatic heterocycles. The van der Waals surface area contributed by atoms with Gasteiger partial charge in [0.2, 0.25) is 0 Å². The molecule has 1 heterocycles. The average molecular weight is 279 g/mol. The Kier molecular flexibility index (Phi) is 3.44. The Morgan fingerprint density at radius 3 is 2.75 bits per heavy atom. The standard InChI is InChI=1S/C13H15BrN2/c1-3-8-15-12-7-5-10-4-6-11(14)9(2)13(10)16-12/h4-7H,3,8H2,1-2H3,(H,15,16). The Labute approximate surface area is 104 Å². The Balaban J connectivity index is 2.47. The first kappa shape index (κ1) is 11.4. The zero-order valence-corrected chi connectivity index (χ0v) is 11.1. The minimum Gasteiger partial charge on any atom is -0.370 e. The zero-order chi connectivity index (χ0) is 11.5. The van der Waals surface area contributed by atoms with Gasteiger partial charge in [-0.25, -0.2) is 4.98 Å². The zero-order valence-electron chi connectivity index (χ0n) is 9.55. The molecule has 2 nitrogen and oxygen atoms in total. The summed E-state index contributed by atoms with van der Waals surface area (Å²) in [6.45, 7) is 5.20. The molecule has 0 saturated carbocycles. The number of fused-ring (bicyclic) bond motifs is 1. The average Bonchev–Trinajstić information content (AvgIpc) is 2.31. The fraction of sp³-hybridized carbons (Fsp3) is 0.308. The minimum absolute atomic E-state index is 0.954. The molecule has 0 aliphatic heterocycles. The molecule has 84 valence electrons. The van der Waals surface area contributed by atoms with Gasteiger partial charge in [-0.1, -0.05) is 28.9 Å². The quantitative estimate of drug-likeness (QED) is 0.913. The second-order valence-electron chi connectivity index (χ2n) is 3.87. The molecule has 0 atom stereocenters. The van der Waals surface area contributed by atoms with Gasteiger partial charge in [-0.2, -0.15) is 0 Å². The number of anilines is 1. The Morgan fingerprint density at radius 1 is 1.25 bits per heavy atom. The fourth-order valence-electron chi connectivity index (χ4n) is 1.66. The third-order valence-electron chi connectivity index (χ3n) is 2.61. The first-order valence-electron chi connectivity index (χ1n) is 5.52. The van der Waals surface area contributed by atoms with E-state index in [4.69, 9.17) is 0 Å². The number of nitrogens with zero attached hydrogens (tertiary/aromatic N) is 1. The molecule has 0 radical (unpaired) electrons. The first-order chi connectivity index (χ1) is 7.72. The number of hydrogen-bond acceptors (Lipinski definition) is 2. The van der Waals surface area contributed by atoms with Crippen molar-refractivity contribution in [3.8, 4) is 0 Å². The third-order valence-corrected chi connectivity index (χ3v) is 3.46. The van der Waals surface area contributed by atoms with E-state index in [0.717, 1.165) is 28.8 Å². The lowest BCUT2D eigenvalue weighted by molar-refractivity contribution is 0.971. The second-order valence-corrected chi connectivity index (χ2v) is 4.72. The van der Waals surface area contributed by atoms with Gasteiger partial charge in [0.05, 0.1) is 5.52 Å². The van der Waals surface area contributed by atoms with Crippen molar-refractivity contribution in [1.82, 2.24) is 4.98 Å². The normalized spacial score (nSPS) is 10.7. The summed E-state index contributed by atoms with van der Waals surface area (Å²) in [4.78, 5) is 4.63. The minimum atomic E-state index is 0.954. The lowest BCUT2D eigenvalue weighted by Gasteiger charge is -2.07. The van der Waals surface area contributed by atoms with Gasteiger partial charge < -0.3 is 5.32 Å². The molecule has 0 amide bonds. The summed E-state index contributed by atoms with van der Waals surface area (Å²) >= 11 is 3.53. The van der Waals surface area contributed by atoms with E-state index >= 15 is 0 Å². The van der Waals surface area contributed by atoms with Crippen LogP contribution < -0.4 is 5.32 Å². The van der Waals surface area contributed by atoms with Crippen LogP contribution in [0.25, 0.3) is 10.9 Å². The van der Waals surface area contributed by atoms with Gasteiger partial charge >= 0.3 is 0 Å². The number of aromatic nitrogens is 1. The van der Waals surface area contributed by atoms with Crippen molar-refractivity contribution in [3.05, 3.63) is 34.3 Å². The van der Waals surface area contributed by atoms with E-state index in [9.17, 15) is 0 Å². The van der Waals surface area contributed by atoms with Crippen LogP contribution in [0.5, 0.6) is 0 Å². The van der Waals surface area contributed by atoms with Crippen LogP contribution in [0.1, 0.15) is 18.9 Å². The maximum Gasteiger partial charge on any atom is 0.126 e. The van der Waals surface area contributed by atoms with Gasteiger partial charge in [-0.3, -0.25) is 0 Å². The molecule has 0 bridgehead atoms. The highest BCUT2D eigenvalue weighted by molar-refractivity contribution is 9.10. The number of pyridine rings is 1. The lowest BCUT2D eigenvalue weighted by atomic mass is 10.1. The van der Waals surface area contributed by atoms with Crippen molar-refractivity contribution in [2.24, 2.45) is 0 Å². The first-order valence-corrected chi connectivity index (χ1v) is 6.31. The van der Waals surface area contributed by atoms with Crippen LogP contribution in [0.15, 0.2) is 28.7 Å². The van der Waals surface area contributed by atoms with Crippen molar-refractivity contribution in [3.63, 3.8) is 0 Å². The van der Waals surface area contributed by atoms with Gasteiger partial charge in [-0.05, 0) is 37.1 Å². The summed E-state index contributed by atoms with van der Waals surface area (Å²) in [6, 6.07) is 8.30. The molecule has 16 heavy (non-hydrogen) atoms. The molecule has 0 spiro atoms. The highest BCUT2D eigenvalue weighted by Crippen LogP contribution is 2.25. The van der Waals surface area contributed by atoms with E-state index in [1.807, 2.05) is 6.07 Å². The molecule has 0 unspecified atom stereocenters. The van der Waals surface area contributed by atoms with Crippen molar-refractivity contribution >= 4 is 32.7 Å². The molecular formula is C13H15BrN2. The summed E-state index contributed by atoms with van der Waals surface area (Å²) in [6.07, 6.45) is 1.11. The Bertz CT molecular complexity index is 509. The summed E-state index contributed by atoms with van der Waals surface area (Å²) in [5.41, 5.74) is 2.26. The number of aryl methyl sites for hydroxylation is 1. The summed E-state index contributed by atoms with van der Waals surface area (Å²) < 4.78 is 1.11. The molecule has 1 aromatic carbocycles. The summed E-state index contributed by atoms with van der Waals surface area (Å²) in [5.74, 6) is 0.954. The van der Waals surface area contributed by atoms with Crippen LogP contribution in [0, 0.1) is 6.92 Å². The molecular weight excluding hydrogens is 264 g/mol. The van der Waals surface area contributed by atoms with Crippen molar-refractivity contribution in [1.29, 1.82) is 0 Å². The number of halogens is 1. The number of rotatable bonds is 3. The smallest absolute Gasteiger partial charge is 0.126 e. The maximum absolute atomic E-state index is 4.63. The predicted octanol–water partition coefficient (Wildman–Crippen LogP) is 4.13. The van der Waals surface area contributed by atoms with Crippen molar-refractivity contribution < 1.29 is 0 Å². The topological polar surface area (TPSA) is 24.9 Å². The van der Waals surface area contributed by atoms with E-state index in [2.05, 4.69) is 58.3 Å². The molecule has 0 fully saturated rings. The van der Waals surface area contributed by atoms with E-state index in [-0.39, 0.29) is 0 Å². The molecule has 1 N–H and O–H groups in total. The van der Waals surface area contributed by atoms with E-state index in [0.29, 0.717) is 0 Å². The molecule has 0 aliphatic rings. The summed E-state index contributed by atoms with van der Waals surface area (Å²) in [5, 5.41) is 4.49. The van der Waals surface area contributed by atoms with Crippen molar-refractivity contribution in [2.75, 3.05) is 11.9 Å². The largest absolute Gasteiger partial charge is 0.370 e. The van der Waals surface area contributed by atoms with Gasteiger partial charge in [-0.15, -0.1) is 0 Å². The number of benzene rings is 1. The van der Waals surface area contributed by atoms with Gasteiger partial charge in [0.15, 0.2) is 0 Å². The van der Waals surface area contributed by atoms with Crippen molar-refractivity contribution in [2.45, 2.75) is 20.3 Å². The van der Waals surface area contributed by atoms with Crippen LogP contribution in [0.4, 0.5) is 5.82 Å². The third kappa shape index (κ3) is 2.19. The maximum atomic E-state index is 4.63. The van der Waals surface area contributed by atoms with Crippen LogP contribution in [-0.2, 0) is 0 Å². The van der Waals surface area contributed by atoms with Crippen LogP contribution in [0.2, 0.25) is 0 Å². The molecule has 2 rings (SSSR count). The van der Waals surface area contributed by atoms with E-state index in [1.54, 1.807) is 0 Å².